The van der Waals surface area contributed by atoms with E-state index in [1.807, 2.05) is 0 Å². The molecule has 214 valence electrons. The Bertz CT molecular complexity index is 1620. The van der Waals surface area contributed by atoms with E-state index >= 15 is 0 Å². The van der Waals surface area contributed by atoms with Gasteiger partial charge in [0.1, 0.15) is 28.7 Å². The number of piperidine rings is 1. The standard InChI is InChI=1S/C26H21F6N7O2/c27-25(28,29)17-7-8-34-18(12-17)36-23(40)15-5-3-14(4-6-15)19-20-21(33)35-9-11-39(20)22(37-19)16-2-1-10-38(13-16)24(41)26(30,31)32/h3-9,11-12,16H,1-2,10,13H2,(H2,33,35)(H,34,36,40)/t16-/m1/s1. The molecule has 0 unspecified atom stereocenters. The van der Waals surface area contributed by atoms with Crippen LogP contribution in [0.4, 0.5) is 38.0 Å². The summed E-state index contributed by atoms with van der Waals surface area (Å²) in [7, 11) is 0. The van der Waals surface area contributed by atoms with Crippen LogP contribution in [0, 0.1) is 0 Å². The molecular weight excluding hydrogens is 556 g/mol. The maximum atomic E-state index is 13.1. The van der Waals surface area contributed by atoms with Crippen LogP contribution in [-0.4, -0.2) is 55.3 Å². The van der Waals surface area contributed by atoms with Crippen LogP contribution >= 0.6 is 0 Å². The smallest absolute Gasteiger partial charge is 0.382 e. The lowest BCUT2D eigenvalue weighted by molar-refractivity contribution is -0.186. The minimum absolute atomic E-state index is 0.0196. The predicted octanol–water partition coefficient (Wildman–Crippen LogP) is 4.91. The van der Waals surface area contributed by atoms with Gasteiger partial charge in [0.15, 0.2) is 0 Å². The molecule has 4 heterocycles. The number of fused-ring (bicyclic) bond motifs is 1. The number of nitrogens with two attached hydrogens (primary N) is 1. The molecule has 1 aliphatic rings. The molecule has 5 rings (SSSR count). The zero-order valence-corrected chi connectivity index (χ0v) is 21.0. The molecular formula is C26H21F6N7O2. The number of imidazole rings is 1. The molecule has 2 amide bonds. The molecule has 41 heavy (non-hydrogen) atoms. The normalized spacial score (nSPS) is 16.1. The van der Waals surface area contributed by atoms with Gasteiger partial charge in [0.25, 0.3) is 5.91 Å². The Hall–Kier alpha value is -4.69. The molecule has 9 nitrogen and oxygen atoms in total. The summed E-state index contributed by atoms with van der Waals surface area (Å²) in [5.74, 6) is -2.87. The Morgan fingerprint density at radius 1 is 1.00 bits per heavy atom. The number of anilines is 2. The van der Waals surface area contributed by atoms with E-state index in [1.54, 1.807) is 22.7 Å². The number of hydrogen-bond acceptors (Lipinski definition) is 6. The van der Waals surface area contributed by atoms with Gasteiger partial charge in [-0.3, -0.25) is 14.0 Å². The second-order valence-electron chi connectivity index (χ2n) is 9.40. The van der Waals surface area contributed by atoms with Gasteiger partial charge in [0, 0.05) is 48.7 Å². The highest BCUT2D eigenvalue weighted by molar-refractivity contribution is 6.04. The highest BCUT2D eigenvalue weighted by Crippen LogP contribution is 2.35. The number of likely N-dealkylation sites (tertiary alicyclic amines) is 1. The van der Waals surface area contributed by atoms with E-state index in [-0.39, 0.29) is 30.3 Å². The number of carbonyl (C=O) groups is 2. The first kappa shape index (κ1) is 27.9. The number of aromatic nitrogens is 4. The zero-order valence-electron chi connectivity index (χ0n) is 21.0. The van der Waals surface area contributed by atoms with Gasteiger partial charge in [-0.15, -0.1) is 0 Å². The third-order valence-electron chi connectivity index (χ3n) is 6.68. The highest BCUT2D eigenvalue weighted by atomic mass is 19.4. The molecule has 4 aromatic rings. The summed E-state index contributed by atoms with van der Waals surface area (Å²) in [5, 5.41) is 2.33. The Morgan fingerprint density at radius 3 is 2.41 bits per heavy atom. The fraction of sp³-hybridized carbons (Fsp3) is 0.269. The second-order valence-corrected chi connectivity index (χ2v) is 9.40. The number of nitrogens with zero attached hydrogens (tertiary/aromatic N) is 5. The van der Waals surface area contributed by atoms with Crippen molar-refractivity contribution in [2.75, 3.05) is 24.1 Å². The largest absolute Gasteiger partial charge is 0.471 e. The van der Waals surface area contributed by atoms with Gasteiger partial charge in [0.05, 0.1) is 5.56 Å². The maximum Gasteiger partial charge on any atom is 0.471 e. The quantitative estimate of drug-likeness (QED) is 0.333. The predicted molar refractivity (Wildman–Crippen MR) is 135 cm³/mol. The molecule has 1 aromatic carbocycles. The number of alkyl halides is 6. The van der Waals surface area contributed by atoms with Crippen molar-refractivity contribution in [2.45, 2.75) is 31.1 Å². The van der Waals surface area contributed by atoms with Crippen LogP contribution in [0.1, 0.15) is 40.5 Å². The molecule has 0 radical (unpaired) electrons. The SMILES string of the molecule is Nc1nccn2c([C@@H]3CCCN(C(=O)C(F)(F)F)C3)nc(-c3ccc(C(=O)Nc4cc(C(F)(F)F)ccn4)cc3)c12. The van der Waals surface area contributed by atoms with Crippen LogP contribution < -0.4 is 11.1 Å². The fourth-order valence-electron chi connectivity index (χ4n) is 4.77. The molecule has 1 aliphatic heterocycles. The van der Waals surface area contributed by atoms with Gasteiger partial charge in [-0.05, 0) is 37.1 Å². The topological polar surface area (TPSA) is 119 Å². The summed E-state index contributed by atoms with van der Waals surface area (Å²) >= 11 is 0. The van der Waals surface area contributed by atoms with Gasteiger partial charge in [0.2, 0.25) is 0 Å². The van der Waals surface area contributed by atoms with Crippen LogP contribution in [0.3, 0.4) is 0 Å². The molecule has 3 N–H and O–H groups in total. The van der Waals surface area contributed by atoms with Crippen molar-refractivity contribution < 1.29 is 35.9 Å². The average molecular weight is 577 g/mol. The van der Waals surface area contributed by atoms with Gasteiger partial charge < -0.3 is 16.0 Å². The fourth-order valence-corrected chi connectivity index (χ4v) is 4.77. The molecule has 0 aliphatic carbocycles. The Labute approximate surface area is 228 Å². The molecule has 0 bridgehead atoms. The monoisotopic (exact) mass is 577 g/mol. The number of carbonyl (C=O) groups excluding carboxylic acids is 2. The first-order chi connectivity index (χ1) is 19.3. The van der Waals surface area contributed by atoms with Crippen LogP contribution in [-0.2, 0) is 11.0 Å². The molecule has 0 spiro atoms. The summed E-state index contributed by atoms with van der Waals surface area (Å²) in [6.07, 6.45) is -4.81. The van der Waals surface area contributed by atoms with Crippen molar-refractivity contribution in [2.24, 2.45) is 0 Å². The molecule has 1 fully saturated rings. The number of nitrogens with one attached hydrogen (secondary N) is 1. The maximum absolute atomic E-state index is 13.1. The van der Waals surface area contributed by atoms with Crippen LogP contribution in [0.5, 0.6) is 0 Å². The Kier molecular flexibility index (Phi) is 7.05. The van der Waals surface area contributed by atoms with Crippen molar-refractivity contribution in [3.63, 3.8) is 0 Å². The molecule has 0 saturated carbocycles. The Balaban J connectivity index is 1.42. The molecule has 1 saturated heterocycles. The van der Waals surface area contributed by atoms with Gasteiger partial charge >= 0.3 is 18.3 Å². The minimum Gasteiger partial charge on any atom is -0.382 e. The number of amides is 2. The van der Waals surface area contributed by atoms with Crippen molar-refractivity contribution in [1.82, 2.24) is 24.3 Å². The van der Waals surface area contributed by atoms with Crippen molar-refractivity contribution >= 4 is 29.0 Å². The second kappa shape index (κ2) is 10.4. The third-order valence-corrected chi connectivity index (χ3v) is 6.68. The lowest BCUT2D eigenvalue weighted by Gasteiger charge is -2.32. The van der Waals surface area contributed by atoms with Crippen LogP contribution in [0.15, 0.2) is 55.0 Å². The third kappa shape index (κ3) is 5.64. The van der Waals surface area contributed by atoms with E-state index in [9.17, 15) is 35.9 Å². The zero-order chi connectivity index (χ0) is 29.5. The molecule has 1 atom stereocenters. The van der Waals surface area contributed by atoms with Gasteiger partial charge in [-0.25, -0.2) is 15.0 Å². The molecule has 3 aromatic heterocycles. The number of hydrogen-bond donors (Lipinski definition) is 2. The lowest BCUT2D eigenvalue weighted by Crippen LogP contribution is -2.46. The summed E-state index contributed by atoms with van der Waals surface area (Å²) in [6, 6.07) is 7.46. The summed E-state index contributed by atoms with van der Waals surface area (Å²) in [6.45, 7) is -0.198. The summed E-state index contributed by atoms with van der Waals surface area (Å²) in [5.41, 5.74) is 6.55. The first-order valence-corrected chi connectivity index (χ1v) is 12.3. The number of benzene rings is 1. The highest BCUT2D eigenvalue weighted by Gasteiger charge is 2.44. The number of rotatable bonds is 4. The molecule has 15 heteroatoms. The number of halogens is 6. The van der Waals surface area contributed by atoms with Crippen molar-refractivity contribution in [3.8, 4) is 11.3 Å². The summed E-state index contributed by atoms with van der Waals surface area (Å²) in [4.78, 5) is 37.8. The number of nitrogen functional groups attached to an aromatic ring is 1. The van der Waals surface area contributed by atoms with E-state index in [0.29, 0.717) is 35.4 Å². The average Bonchev–Trinajstić information content (AvgIpc) is 3.33. The first-order valence-electron chi connectivity index (χ1n) is 12.3. The van der Waals surface area contributed by atoms with Crippen LogP contribution in [0.25, 0.3) is 16.8 Å². The van der Waals surface area contributed by atoms with Crippen molar-refractivity contribution in [1.29, 1.82) is 0 Å². The van der Waals surface area contributed by atoms with E-state index < -0.39 is 35.6 Å². The van der Waals surface area contributed by atoms with Crippen molar-refractivity contribution in [3.05, 3.63) is 71.9 Å². The van der Waals surface area contributed by atoms with Gasteiger partial charge in [-0.1, -0.05) is 12.1 Å². The summed E-state index contributed by atoms with van der Waals surface area (Å²) < 4.78 is 79.7. The van der Waals surface area contributed by atoms with E-state index in [4.69, 9.17) is 5.73 Å². The van der Waals surface area contributed by atoms with E-state index in [2.05, 4.69) is 20.3 Å². The van der Waals surface area contributed by atoms with E-state index in [0.717, 1.165) is 23.2 Å². The van der Waals surface area contributed by atoms with E-state index in [1.165, 1.54) is 18.3 Å². The van der Waals surface area contributed by atoms with Crippen LogP contribution in [0.2, 0.25) is 0 Å². The van der Waals surface area contributed by atoms with Gasteiger partial charge in [-0.2, -0.15) is 26.3 Å². The number of pyridine rings is 1. The Morgan fingerprint density at radius 2 is 1.73 bits per heavy atom. The lowest BCUT2D eigenvalue weighted by atomic mass is 9.97. The minimum atomic E-state index is -4.98.